The highest BCUT2D eigenvalue weighted by Gasteiger charge is 2.30. The van der Waals surface area contributed by atoms with Gasteiger partial charge in [-0.25, -0.2) is 13.9 Å². The third-order valence-electron chi connectivity index (χ3n) is 5.36. The van der Waals surface area contributed by atoms with Gasteiger partial charge >= 0.3 is 0 Å². The molecule has 4 aromatic rings. The first-order valence-electron chi connectivity index (χ1n) is 9.31. The van der Waals surface area contributed by atoms with Gasteiger partial charge in [0.15, 0.2) is 5.65 Å². The Labute approximate surface area is 166 Å². The number of aromatic nitrogens is 3. The molecule has 7 heteroatoms. The molecule has 0 fully saturated rings. The highest BCUT2D eigenvalue weighted by atomic mass is 19.1. The van der Waals surface area contributed by atoms with Crippen molar-refractivity contribution < 1.29 is 9.18 Å². The average Bonchev–Trinajstić information content (AvgIpc) is 3.25. The maximum Gasteiger partial charge on any atom is 0.269 e. The second-order valence-corrected chi connectivity index (χ2v) is 7.19. The number of hydrogen-bond donors (Lipinski definition) is 2. The van der Waals surface area contributed by atoms with Gasteiger partial charge in [-0.3, -0.25) is 4.79 Å². The van der Waals surface area contributed by atoms with E-state index in [1.165, 1.54) is 0 Å². The number of nitrogens with two attached hydrogens (primary N) is 2. The van der Waals surface area contributed by atoms with Gasteiger partial charge in [0, 0.05) is 17.5 Å². The van der Waals surface area contributed by atoms with E-state index in [2.05, 4.69) is 5.10 Å². The first-order chi connectivity index (χ1) is 14.0. The molecule has 0 saturated carbocycles. The molecule has 5 rings (SSSR count). The maximum absolute atomic E-state index is 14.1. The number of nitrogens with zero attached hydrogens (tertiary/aromatic N) is 3. The van der Waals surface area contributed by atoms with Crippen LogP contribution in [-0.2, 0) is 6.42 Å². The summed E-state index contributed by atoms with van der Waals surface area (Å²) < 4.78 is 15.7. The topological polar surface area (TPSA) is 99.3 Å². The van der Waals surface area contributed by atoms with Crippen LogP contribution in [0.5, 0.6) is 0 Å². The summed E-state index contributed by atoms with van der Waals surface area (Å²) in [6, 6.07) is 18.1. The molecular weight excluding hydrogens is 369 g/mol. The molecule has 2 aromatic heterocycles. The number of primary amides is 1. The maximum atomic E-state index is 14.1. The monoisotopic (exact) mass is 387 g/mol. The Morgan fingerprint density at radius 1 is 1.07 bits per heavy atom. The number of rotatable bonds is 3. The molecule has 0 aliphatic heterocycles. The number of fused-ring (bicyclic) bond motifs is 2. The number of carbonyl (C=O) groups is 1. The van der Waals surface area contributed by atoms with Crippen LogP contribution in [0.3, 0.4) is 0 Å². The van der Waals surface area contributed by atoms with Crippen LogP contribution in [0, 0.1) is 0 Å². The molecule has 2 aromatic carbocycles. The molecule has 4 N–H and O–H groups in total. The van der Waals surface area contributed by atoms with Gasteiger partial charge in [0.1, 0.15) is 17.6 Å². The van der Waals surface area contributed by atoms with Crippen LogP contribution in [-0.4, -0.2) is 26.7 Å². The highest BCUT2D eigenvalue weighted by molar-refractivity contribution is 5.91. The molecule has 2 atom stereocenters. The van der Waals surface area contributed by atoms with Crippen LogP contribution in [0.4, 0.5) is 4.39 Å². The van der Waals surface area contributed by atoms with Crippen LogP contribution in [0.15, 0.2) is 60.7 Å². The highest BCUT2D eigenvalue weighted by Crippen LogP contribution is 2.37. The van der Waals surface area contributed by atoms with Crippen molar-refractivity contribution in [2.45, 2.75) is 18.6 Å². The van der Waals surface area contributed by atoms with Crippen molar-refractivity contribution >= 4 is 11.6 Å². The zero-order valence-electron chi connectivity index (χ0n) is 15.4. The molecule has 29 heavy (non-hydrogen) atoms. The lowest BCUT2D eigenvalue weighted by atomic mass is 10.0. The number of carbonyl (C=O) groups excluding carboxylic acids is 1. The Bertz CT molecular complexity index is 1250. The summed E-state index contributed by atoms with van der Waals surface area (Å²) >= 11 is 0. The first kappa shape index (κ1) is 17.5. The van der Waals surface area contributed by atoms with Crippen LogP contribution in [0.1, 0.15) is 27.7 Å². The number of hydrogen-bond acceptors (Lipinski definition) is 4. The summed E-state index contributed by atoms with van der Waals surface area (Å²) in [5.41, 5.74) is 17.0. The Morgan fingerprint density at radius 3 is 2.62 bits per heavy atom. The fourth-order valence-corrected chi connectivity index (χ4v) is 3.91. The molecule has 2 heterocycles. The summed E-state index contributed by atoms with van der Waals surface area (Å²) in [6.45, 7) is 0. The number of imidazole rings is 1. The zero-order chi connectivity index (χ0) is 20.1. The van der Waals surface area contributed by atoms with Crippen molar-refractivity contribution in [2.75, 3.05) is 0 Å². The predicted molar refractivity (Wildman–Crippen MR) is 108 cm³/mol. The Morgan fingerprint density at radius 2 is 1.86 bits per heavy atom. The van der Waals surface area contributed by atoms with E-state index in [1.807, 2.05) is 48.5 Å². The normalized spacial score (nSPS) is 18.1. The lowest BCUT2D eigenvalue weighted by Crippen LogP contribution is -2.17. The SMILES string of the molecule is NC(=O)c1ccc2nc(-c3ccc4c(c3)CC(F)[C@@H]4N)c(-c3ccccc3)n2n1. The Hall–Kier alpha value is -3.58. The Balaban J connectivity index is 1.76. The van der Waals surface area contributed by atoms with E-state index in [-0.39, 0.29) is 5.69 Å². The molecule has 1 aliphatic rings. The van der Waals surface area contributed by atoms with Gasteiger partial charge in [-0.15, -0.1) is 0 Å². The predicted octanol–water partition coefficient (Wildman–Crippen LogP) is 3.06. The third kappa shape index (κ3) is 2.78. The number of amides is 1. The largest absolute Gasteiger partial charge is 0.364 e. The van der Waals surface area contributed by atoms with E-state index >= 15 is 0 Å². The van der Waals surface area contributed by atoms with Gasteiger partial charge in [-0.2, -0.15) is 5.10 Å². The molecule has 0 radical (unpaired) electrons. The van der Waals surface area contributed by atoms with Crippen molar-refractivity contribution in [3.8, 4) is 22.5 Å². The van der Waals surface area contributed by atoms with Gasteiger partial charge in [0.25, 0.3) is 5.91 Å². The van der Waals surface area contributed by atoms with E-state index in [0.717, 1.165) is 27.9 Å². The molecule has 0 bridgehead atoms. The summed E-state index contributed by atoms with van der Waals surface area (Å²) in [7, 11) is 0. The standard InChI is InChI=1S/C22H18FN5O/c23-16-11-14-10-13(6-7-15(14)19(16)24)20-21(12-4-2-1-3-5-12)28-18(26-20)9-8-17(27-28)22(25)29/h1-10,16,19H,11,24H2,(H2,25,29)/t16?,19-/m1/s1. The Kier molecular flexibility index (Phi) is 3.92. The minimum Gasteiger partial charge on any atom is -0.364 e. The lowest BCUT2D eigenvalue weighted by molar-refractivity contribution is 0.0994. The fourth-order valence-electron chi connectivity index (χ4n) is 3.91. The fraction of sp³-hybridized carbons (Fsp3) is 0.136. The number of alkyl halides is 1. The quantitative estimate of drug-likeness (QED) is 0.564. The summed E-state index contributed by atoms with van der Waals surface area (Å²) in [4.78, 5) is 16.4. The van der Waals surface area contributed by atoms with E-state index in [1.54, 1.807) is 16.6 Å². The van der Waals surface area contributed by atoms with Gasteiger partial charge in [-0.05, 0) is 29.3 Å². The second-order valence-electron chi connectivity index (χ2n) is 7.19. The molecule has 0 saturated heterocycles. The molecule has 6 nitrogen and oxygen atoms in total. The van der Waals surface area contributed by atoms with Crippen molar-refractivity contribution in [1.29, 1.82) is 0 Å². The molecule has 0 spiro atoms. The third-order valence-corrected chi connectivity index (χ3v) is 5.36. The minimum absolute atomic E-state index is 0.152. The van der Waals surface area contributed by atoms with E-state index in [9.17, 15) is 9.18 Å². The van der Waals surface area contributed by atoms with Gasteiger partial charge < -0.3 is 11.5 Å². The molecule has 144 valence electrons. The lowest BCUT2D eigenvalue weighted by Gasteiger charge is -2.09. The van der Waals surface area contributed by atoms with Crippen molar-refractivity contribution in [3.05, 3.63) is 77.5 Å². The average molecular weight is 387 g/mol. The van der Waals surface area contributed by atoms with E-state index < -0.39 is 18.1 Å². The van der Waals surface area contributed by atoms with Crippen molar-refractivity contribution in [3.63, 3.8) is 0 Å². The van der Waals surface area contributed by atoms with Crippen LogP contribution in [0.2, 0.25) is 0 Å². The smallest absolute Gasteiger partial charge is 0.269 e. The molecule has 1 aliphatic carbocycles. The van der Waals surface area contributed by atoms with E-state index in [4.69, 9.17) is 16.5 Å². The van der Waals surface area contributed by atoms with Crippen LogP contribution >= 0.6 is 0 Å². The molecule has 1 amide bonds. The van der Waals surface area contributed by atoms with Gasteiger partial charge in [-0.1, -0.05) is 42.5 Å². The van der Waals surface area contributed by atoms with Crippen molar-refractivity contribution in [2.24, 2.45) is 11.5 Å². The zero-order valence-corrected chi connectivity index (χ0v) is 15.4. The summed E-state index contributed by atoms with van der Waals surface area (Å²) in [5.74, 6) is -0.610. The van der Waals surface area contributed by atoms with Crippen LogP contribution in [0.25, 0.3) is 28.2 Å². The molecular formula is C22H18FN5O. The second kappa shape index (κ2) is 6.49. The van der Waals surface area contributed by atoms with Gasteiger partial charge in [0.05, 0.1) is 11.7 Å². The minimum atomic E-state index is -1.07. The van der Waals surface area contributed by atoms with Gasteiger partial charge in [0.2, 0.25) is 0 Å². The van der Waals surface area contributed by atoms with Crippen molar-refractivity contribution in [1.82, 2.24) is 14.6 Å². The number of halogens is 1. The summed E-state index contributed by atoms with van der Waals surface area (Å²) in [5, 5.41) is 4.39. The summed E-state index contributed by atoms with van der Waals surface area (Å²) in [6.07, 6.45) is -0.780. The number of benzene rings is 2. The first-order valence-corrected chi connectivity index (χ1v) is 9.31. The van der Waals surface area contributed by atoms with E-state index in [0.29, 0.717) is 17.8 Å². The molecule has 1 unspecified atom stereocenters. The van der Waals surface area contributed by atoms with Crippen LogP contribution < -0.4 is 11.5 Å².